The molecular formula is C17H32N2O3. The van der Waals surface area contributed by atoms with E-state index in [1.165, 1.54) is 12.8 Å². The summed E-state index contributed by atoms with van der Waals surface area (Å²) in [7, 11) is 3.79. The summed E-state index contributed by atoms with van der Waals surface area (Å²) >= 11 is 0. The lowest BCUT2D eigenvalue weighted by Gasteiger charge is -2.29. The van der Waals surface area contributed by atoms with Gasteiger partial charge in [0.05, 0.1) is 6.61 Å². The molecule has 0 unspecified atom stereocenters. The van der Waals surface area contributed by atoms with E-state index in [-0.39, 0.29) is 17.9 Å². The van der Waals surface area contributed by atoms with E-state index in [1.807, 2.05) is 4.90 Å². The third kappa shape index (κ3) is 4.00. The van der Waals surface area contributed by atoms with Crippen molar-refractivity contribution in [1.29, 1.82) is 0 Å². The summed E-state index contributed by atoms with van der Waals surface area (Å²) in [6.07, 6.45) is 4.38. The van der Waals surface area contributed by atoms with E-state index in [1.54, 1.807) is 7.11 Å². The molecule has 1 heterocycles. The monoisotopic (exact) mass is 312 g/mol. The highest BCUT2D eigenvalue weighted by Gasteiger charge is 2.43. The Balaban J connectivity index is 1.92. The van der Waals surface area contributed by atoms with Crippen molar-refractivity contribution >= 4 is 5.91 Å². The van der Waals surface area contributed by atoms with E-state index >= 15 is 0 Å². The van der Waals surface area contributed by atoms with Gasteiger partial charge < -0.3 is 19.6 Å². The fourth-order valence-corrected chi connectivity index (χ4v) is 4.01. The van der Waals surface area contributed by atoms with Gasteiger partial charge in [-0.3, -0.25) is 4.79 Å². The third-order valence-corrected chi connectivity index (χ3v) is 5.54. The first-order valence-corrected chi connectivity index (χ1v) is 8.58. The molecule has 1 aliphatic carbocycles. The summed E-state index contributed by atoms with van der Waals surface area (Å²) in [6.45, 7) is 6.31. The van der Waals surface area contributed by atoms with Crippen molar-refractivity contribution < 1.29 is 14.6 Å². The molecule has 1 N–H and O–H groups in total. The molecule has 0 spiro atoms. The molecular weight excluding hydrogens is 280 g/mol. The largest absolute Gasteiger partial charge is 0.396 e. The predicted molar refractivity (Wildman–Crippen MR) is 86.6 cm³/mol. The van der Waals surface area contributed by atoms with Gasteiger partial charge in [0, 0.05) is 51.2 Å². The molecule has 0 aromatic heterocycles. The minimum absolute atomic E-state index is 0.156. The topological polar surface area (TPSA) is 53.0 Å². The van der Waals surface area contributed by atoms with Gasteiger partial charge in [-0.15, -0.1) is 0 Å². The Hall–Kier alpha value is -0.650. The summed E-state index contributed by atoms with van der Waals surface area (Å²) in [5.41, 5.74) is -0.156. The number of methoxy groups -OCH3 is 1. The number of carbonyl (C=O) groups is 1. The Kier molecular flexibility index (Phi) is 6.24. The summed E-state index contributed by atoms with van der Waals surface area (Å²) < 4.78 is 5.11. The first-order valence-electron chi connectivity index (χ1n) is 8.58. The Labute approximate surface area is 134 Å². The molecule has 0 aromatic rings. The molecule has 5 heteroatoms. The van der Waals surface area contributed by atoms with Crippen LogP contribution in [0.15, 0.2) is 0 Å². The number of carbonyl (C=O) groups excluding carboxylic acids is 1. The van der Waals surface area contributed by atoms with Crippen molar-refractivity contribution in [3.8, 4) is 0 Å². The molecule has 2 rings (SSSR count). The Morgan fingerprint density at radius 1 is 1.32 bits per heavy atom. The van der Waals surface area contributed by atoms with Crippen LogP contribution in [-0.4, -0.2) is 74.4 Å². The van der Waals surface area contributed by atoms with Gasteiger partial charge in [0.2, 0.25) is 5.91 Å². The summed E-state index contributed by atoms with van der Waals surface area (Å²) in [5, 5.41) is 9.67. The molecule has 1 aliphatic heterocycles. The maximum atomic E-state index is 12.8. The number of aliphatic hydroxyl groups excluding tert-OH is 1. The van der Waals surface area contributed by atoms with Gasteiger partial charge in [-0.2, -0.15) is 0 Å². The van der Waals surface area contributed by atoms with Crippen molar-refractivity contribution in [2.75, 3.05) is 53.6 Å². The fourth-order valence-electron chi connectivity index (χ4n) is 4.01. The third-order valence-electron chi connectivity index (χ3n) is 5.54. The highest BCUT2D eigenvalue weighted by molar-refractivity contribution is 5.83. The molecule has 0 radical (unpaired) electrons. The number of hydrogen-bond acceptors (Lipinski definition) is 4. The van der Waals surface area contributed by atoms with E-state index in [2.05, 4.69) is 18.9 Å². The van der Waals surface area contributed by atoms with Gasteiger partial charge in [0.1, 0.15) is 0 Å². The van der Waals surface area contributed by atoms with Crippen molar-refractivity contribution in [2.45, 2.75) is 32.6 Å². The minimum Gasteiger partial charge on any atom is -0.396 e. The summed E-state index contributed by atoms with van der Waals surface area (Å²) in [5.74, 6) is 0.880. The van der Waals surface area contributed by atoms with Gasteiger partial charge in [0.25, 0.3) is 0 Å². The van der Waals surface area contributed by atoms with Crippen LogP contribution in [-0.2, 0) is 9.53 Å². The zero-order chi connectivity index (χ0) is 16.2. The average molecular weight is 312 g/mol. The number of likely N-dealkylation sites (N-methyl/N-ethyl adjacent to an activating group) is 1. The van der Waals surface area contributed by atoms with E-state index < -0.39 is 0 Å². The molecule has 1 amide bonds. The Bertz CT molecular complexity index is 369. The molecule has 1 saturated carbocycles. The second-order valence-corrected chi connectivity index (χ2v) is 7.44. The van der Waals surface area contributed by atoms with E-state index in [0.29, 0.717) is 25.0 Å². The van der Waals surface area contributed by atoms with Crippen LogP contribution in [0.3, 0.4) is 0 Å². The van der Waals surface area contributed by atoms with Gasteiger partial charge in [-0.1, -0.05) is 19.8 Å². The lowest BCUT2D eigenvalue weighted by molar-refractivity contribution is -0.140. The Morgan fingerprint density at radius 2 is 1.95 bits per heavy atom. The number of likely N-dealkylation sites (tertiary alicyclic amines) is 1. The Morgan fingerprint density at radius 3 is 2.55 bits per heavy atom. The molecule has 2 aliphatic rings. The van der Waals surface area contributed by atoms with Crippen LogP contribution in [0, 0.1) is 17.3 Å². The zero-order valence-electron chi connectivity index (χ0n) is 14.4. The number of ether oxygens (including phenoxy) is 1. The maximum Gasteiger partial charge on any atom is 0.228 e. The average Bonchev–Trinajstić information content (AvgIpc) is 3.11. The van der Waals surface area contributed by atoms with Crippen molar-refractivity contribution in [1.82, 2.24) is 9.80 Å². The molecule has 5 nitrogen and oxygen atoms in total. The molecule has 22 heavy (non-hydrogen) atoms. The zero-order valence-corrected chi connectivity index (χ0v) is 14.4. The molecule has 2 atom stereocenters. The molecule has 0 aromatic carbocycles. The first-order chi connectivity index (χ1) is 10.5. The molecule has 128 valence electrons. The number of amides is 1. The van der Waals surface area contributed by atoms with Crippen molar-refractivity contribution in [3.05, 3.63) is 0 Å². The lowest BCUT2D eigenvalue weighted by atomic mass is 9.87. The molecule has 2 fully saturated rings. The van der Waals surface area contributed by atoms with E-state index in [0.717, 1.165) is 32.5 Å². The predicted octanol–water partition coefficient (Wildman–Crippen LogP) is 1.21. The number of rotatable bonds is 7. The number of hydrogen-bond donors (Lipinski definition) is 1. The minimum atomic E-state index is -0.156. The number of aliphatic hydroxyl groups is 1. The van der Waals surface area contributed by atoms with E-state index in [4.69, 9.17) is 4.74 Å². The van der Waals surface area contributed by atoms with Crippen LogP contribution in [0.2, 0.25) is 0 Å². The van der Waals surface area contributed by atoms with Gasteiger partial charge in [-0.05, 0) is 25.8 Å². The summed E-state index contributed by atoms with van der Waals surface area (Å²) in [4.78, 5) is 17.1. The van der Waals surface area contributed by atoms with Crippen molar-refractivity contribution in [2.24, 2.45) is 17.3 Å². The molecule has 1 saturated heterocycles. The van der Waals surface area contributed by atoms with Crippen LogP contribution in [0.25, 0.3) is 0 Å². The normalized spacial score (nSPS) is 27.8. The van der Waals surface area contributed by atoms with Crippen LogP contribution < -0.4 is 0 Å². The van der Waals surface area contributed by atoms with Crippen LogP contribution in [0.1, 0.15) is 32.6 Å². The second kappa shape index (κ2) is 7.75. The lowest BCUT2D eigenvalue weighted by Crippen LogP contribution is -2.40. The van der Waals surface area contributed by atoms with Gasteiger partial charge >= 0.3 is 0 Å². The first kappa shape index (κ1) is 17.7. The van der Waals surface area contributed by atoms with Crippen molar-refractivity contribution in [3.63, 3.8) is 0 Å². The standard InChI is InChI=1S/C17H32N2O3/c1-17(6-4-5-7-17)16(21)19-11-14(15(12-19)13-20)10-18(2)8-9-22-3/h14-15,20H,4-13H2,1-3H3/t14-,15-/m1/s1. The molecule has 0 bridgehead atoms. The second-order valence-electron chi connectivity index (χ2n) is 7.44. The van der Waals surface area contributed by atoms with Crippen LogP contribution >= 0.6 is 0 Å². The fraction of sp³-hybridized carbons (Fsp3) is 0.941. The smallest absolute Gasteiger partial charge is 0.228 e. The van der Waals surface area contributed by atoms with Gasteiger partial charge in [-0.25, -0.2) is 0 Å². The van der Waals surface area contributed by atoms with Crippen LogP contribution in [0.5, 0.6) is 0 Å². The summed E-state index contributed by atoms with van der Waals surface area (Å²) in [6, 6.07) is 0. The quantitative estimate of drug-likeness (QED) is 0.768. The van der Waals surface area contributed by atoms with Gasteiger partial charge in [0.15, 0.2) is 0 Å². The van der Waals surface area contributed by atoms with Crippen LogP contribution in [0.4, 0.5) is 0 Å². The van der Waals surface area contributed by atoms with E-state index in [9.17, 15) is 9.90 Å². The number of nitrogens with zero attached hydrogens (tertiary/aromatic N) is 2. The highest BCUT2D eigenvalue weighted by atomic mass is 16.5. The SMILES string of the molecule is COCCN(C)C[C@@H]1CN(C(=O)C2(C)CCCC2)C[C@@H]1CO. The highest BCUT2D eigenvalue weighted by Crippen LogP contribution is 2.40. The maximum absolute atomic E-state index is 12.8.